The van der Waals surface area contributed by atoms with E-state index < -0.39 is 47.9 Å². The molecule has 0 heterocycles. The van der Waals surface area contributed by atoms with E-state index in [0.29, 0.717) is 45.2 Å². The molecule has 0 aromatic carbocycles. The molecule has 0 unspecified atom stereocenters. The summed E-state index contributed by atoms with van der Waals surface area (Å²) in [6.45, 7) is 5.79. The Hall–Kier alpha value is -2.24. The van der Waals surface area contributed by atoms with Crippen molar-refractivity contribution in [2.45, 2.75) is 83.5 Å². The molecule has 0 fully saturated rings. The Bertz CT molecular complexity index is 586. The molecule has 0 spiro atoms. The molecule has 11 heteroatoms. The first-order valence-corrected chi connectivity index (χ1v) is 10.8. The third kappa shape index (κ3) is 11.7. The Morgan fingerprint density at radius 2 is 1.32 bits per heavy atom. The van der Waals surface area contributed by atoms with Gasteiger partial charge in [-0.05, 0) is 58.0 Å². The Morgan fingerprint density at radius 3 is 1.81 bits per heavy atom. The number of rotatable bonds is 16. The third-order valence-electron chi connectivity index (χ3n) is 4.87. The van der Waals surface area contributed by atoms with Crippen molar-refractivity contribution >= 4 is 23.7 Å². The number of carboxylic acids is 1. The number of aliphatic carboxylic acids is 1. The summed E-state index contributed by atoms with van der Waals surface area (Å²) in [7, 11) is 0. The second kappa shape index (κ2) is 15.5. The third-order valence-corrected chi connectivity index (χ3v) is 4.87. The van der Waals surface area contributed by atoms with Crippen LogP contribution in [0.1, 0.15) is 59.3 Å². The number of amides is 3. The topological polar surface area (TPSA) is 203 Å². The van der Waals surface area contributed by atoms with Crippen molar-refractivity contribution in [1.29, 1.82) is 0 Å². The van der Waals surface area contributed by atoms with E-state index in [1.807, 2.05) is 0 Å². The molecule has 31 heavy (non-hydrogen) atoms. The van der Waals surface area contributed by atoms with E-state index in [-0.39, 0.29) is 5.92 Å². The maximum Gasteiger partial charge on any atom is 0.326 e. The molecular weight excluding hydrogens is 404 g/mol. The fourth-order valence-corrected chi connectivity index (χ4v) is 2.85. The maximum atomic E-state index is 12.7. The SMILES string of the molecule is CC(C)[C@H](NC(=O)[C@H](CCCCN)NC(=O)[C@H](C)NC(=O)[C@@H](N)CCCCN)C(=O)O. The van der Waals surface area contributed by atoms with Crippen LogP contribution in [0.25, 0.3) is 0 Å². The molecule has 0 aliphatic carbocycles. The zero-order valence-electron chi connectivity index (χ0n) is 18.9. The van der Waals surface area contributed by atoms with Gasteiger partial charge in [0.1, 0.15) is 18.1 Å². The van der Waals surface area contributed by atoms with E-state index in [4.69, 9.17) is 17.2 Å². The van der Waals surface area contributed by atoms with Crippen LogP contribution in [0.4, 0.5) is 0 Å². The Balaban J connectivity index is 5.00. The monoisotopic (exact) mass is 444 g/mol. The Kier molecular flexibility index (Phi) is 14.4. The van der Waals surface area contributed by atoms with Gasteiger partial charge in [-0.3, -0.25) is 14.4 Å². The van der Waals surface area contributed by atoms with E-state index in [0.717, 1.165) is 6.42 Å². The average Bonchev–Trinajstić information content (AvgIpc) is 2.70. The average molecular weight is 445 g/mol. The van der Waals surface area contributed by atoms with Crippen LogP contribution in [-0.4, -0.2) is 66.1 Å². The summed E-state index contributed by atoms with van der Waals surface area (Å²) in [4.78, 5) is 48.8. The van der Waals surface area contributed by atoms with Gasteiger partial charge in [-0.1, -0.05) is 20.3 Å². The molecule has 0 aliphatic rings. The molecule has 3 amide bonds. The Morgan fingerprint density at radius 1 is 0.774 bits per heavy atom. The summed E-state index contributed by atoms with van der Waals surface area (Å²) >= 11 is 0. The molecule has 0 rings (SSSR count). The number of hydrogen-bond acceptors (Lipinski definition) is 7. The molecule has 0 aromatic rings. The molecule has 180 valence electrons. The predicted molar refractivity (Wildman–Crippen MR) is 118 cm³/mol. The van der Waals surface area contributed by atoms with E-state index in [1.165, 1.54) is 6.92 Å². The molecule has 0 saturated heterocycles. The van der Waals surface area contributed by atoms with Gasteiger partial charge in [-0.2, -0.15) is 0 Å². The van der Waals surface area contributed by atoms with E-state index >= 15 is 0 Å². The summed E-state index contributed by atoms with van der Waals surface area (Å²) < 4.78 is 0. The summed E-state index contributed by atoms with van der Waals surface area (Å²) in [6, 6.07) is -3.70. The van der Waals surface area contributed by atoms with Gasteiger partial charge in [-0.15, -0.1) is 0 Å². The van der Waals surface area contributed by atoms with Gasteiger partial charge in [0.15, 0.2) is 0 Å². The van der Waals surface area contributed by atoms with E-state index in [1.54, 1.807) is 13.8 Å². The van der Waals surface area contributed by atoms with E-state index in [2.05, 4.69) is 16.0 Å². The van der Waals surface area contributed by atoms with Gasteiger partial charge in [0.2, 0.25) is 17.7 Å². The van der Waals surface area contributed by atoms with Gasteiger partial charge in [0, 0.05) is 0 Å². The van der Waals surface area contributed by atoms with Gasteiger partial charge in [-0.25, -0.2) is 4.79 Å². The van der Waals surface area contributed by atoms with Crippen molar-refractivity contribution < 1.29 is 24.3 Å². The smallest absolute Gasteiger partial charge is 0.326 e. The number of nitrogens with one attached hydrogen (secondary N) is 3. The van der Waals surface area contributed by atoms with Gasteiger partial charge in [0.25, 0.3) is 0 Å². The zero-order chi connectivity index (χ0) is 24.0. The van der Waals surface area contributed by atoms with Gasteiger partial charge < -0.3 is 38.3 Å². The number of carboxylic acid groups (broad SMARTS) is 1. The van der Waals surface area contributed by atoms with Crippen LogP contribution >= 0.6 is 0 Å². The van der Waals surface area contributed by atoms with Crippen molar-refractivity contribution in [1.82, 2.24) is 16.0 Å². The van der Waals surface area contributed by atoms with Crippen LogP contribution in [0.15, 0.2) is 0 Å². The summed E-state index contributed by atoms with van der Waals surface area (Å²) in [6.07, 6.45) is 3.42. The van der Waals surface area contributed by atoms with Crippen LogP contribution in [0.2, 0.25) is 0 Å². The lowest BCUT2D eigenvalue weighted by atomic mass is 10.0. The molecule has 0 saturated carbocycles. The first-order chi connectivity index (χ1) is 14.5. The predicted octanol–water partition coefficient (Wildman–Crippen LogP) is -1.21. The fraction of sp³-hybridized carbons (Fsp3) is 0.800. The minimum absolute atomic E-state index is 0.290. The van der Waals surface area contributed by atoms with Crippen LogP contribution in [0.3, 0.4) is 0 Å². The second-order valence-corrected chi connectivity index (χ2v) is 8.04. The minimum Gasteiger partial charge on any atom is -0.480 e. The number of carbonyl (C=O) groups excluding carboxylic acids is 3. The van der Waals surface area contributed by atoms with Crippen LogP contribution in [0, 0.1) is 5.92 Å². The first-order valence-electron chi connectivity index (χ1n) is 10.8. The molecule has 10 N–H and O–H groups in total. The van der Waals surface area contributed by atoms with Crippen molar-refractivity contribution in [2.24, 2.45) is 23.1 Å². The second-order valence-electron chi connectivity index (χ2n) is 8.04. The largest absolute Gasteiger partial charge is 0.480 e. The molecule has 0 radical (unpaired) electrons. The van der Waals surface area contributed by atoms with Gasteiger partial charge in [0.05, 0.1) is 6.04 Å². The number of nitrogens with two attached hydrogens (primary N) is 3. The molecular formula is C20H40N6O5. The number of hydrogen-bond donors (Lipinski definition) is 7. The highest BCUT2D eigenvalue weighted by Gasteiger charge is 2.29. The van der Waals surface area contributed by atoms with Crippen LogP contribution < -0.4 is 33.2 Å². The minimum atomic E-state index is -1.15. The quantitative estimate of drug-likeness (QED) is 0.143. The lowest BCUT2D eigenvalue weighted by Gasteiger charge is -2.25. The van der Waals surface area contributed by atoms with Gasteiger partial charge >= 0.3 is 5.97 Å². The molecule has 0 aromatic heterocycles. The first kappa shape index (κ1) is 28.8. The zero-order valence-corrected chi connectivity index (χ0v) is 18.9. The lowest BCUT2D eigenvalue weighted by Crippen LogP contribution is -2.56. The van der Waals surface area contributed by atoms with Crippen molar-refractivity contribution in [3.05, 3.63) is 0 Å². The maximum absolute atomic E-state index is 12.7. The highest BCUT2D eigenvalue weighted by atomic mass is 16.4. The highest BCUT2D eigenvalue weighted by molar-refractivity contribution is 5.93. The standard InChI is InChI=1S/C20H40N6O5/c1-12(2)16(20(30)31)26-19(29)15(9-5-7-11-22)25-17(27)13(3)24-18(28)14(23)8-4-6-10-21/h12-16H,4-11,21-23H2,1-3H3,(H,24,28)(H,25,27)(H,26,29)(H,30,31)/t13-,14-,15-,16-/m0/s1. The molecule has 4 atom stereocenters. The van der Waals surface area contributed by atoms with Crippen molar-refractivity contribution in [3.63, 3.8) is 0 Å². The van der Waals surface area contributed by atoms with Crippen LogP contribution in [-0.2, 0) is 19.2 Å². The molecule has 11 nitrogen and oxygen atoms in total. The van der Waals surface area contributed by atoms with Crippen LogP contribution in [0.5, 0.6) is 0 Å². The van der Waals surface area contributed by atoms with Crippen molar-refractivity contribution in [2.75, 3.05) is 13.1 Å². The summed E-state index contributed by atoms with van der Waals surface area (Å²) in [5, 5.41) is 16.9. The van der Waals surface area contributed by atoms with E-state index in [9.17, 15) is 24.3 Å². The number of unbranched alkanes of at least 4 members (excludes halogenated alkanes) is 2. The molecule has 0 aliphatic heterocycles. The van der Waals surface area contributed by atoms with Crippen molar-refractivity contribution in [3.8, 4) is 0 Å². The Labute approximate surface area is 184 Å². The fourth-order valence-electron chi connectivity index (χ4n) is 2.85. The lowest BCUT2D eigenvalue weighted by molar-refractivity contribution is -0.143. The normalized spacial score (nSPS) is 14.9. The summed E-state index contributed by atoms with van der Waals surface area (Å²) in [5.74, 6) is -3.11. The number of carbonyl (C=O) groups is 4. The summed E-state index contributed by atoms with van der Waals surface area (Å²) in [5.41, 5.74) is 16.7. The highest BCUT2D eigenvalue weighted by Crippen LogP contribution is 2.06. The molecule has 0 bridgehead atoms.